The van der Waals surface area contributed by atoms with Gasteiger partial charge < -0.3 is 96.8 Å². The van der Waals surface area contributed by atoms with E-state index in [1.165, 1.54) is 89.4 Å². The van der Waals surface area contributed by atoms with Crippen LogP contribution in [0.25, 0.3) is 0 Å². The van der Waals surface area contributed by atoms with E-state index in [4.69, 9.17) is 47.4 Å². The van der Waals surface area contributed by atoms with Gasteiger partial charge in [-0.2, -0.15) is 0 Å². The van der Waals surface area contributed by atoms with Gasteiger partial charge in [0.05, 0.1) is 99.1 Å². The van der Waals surface area contributed by atoms with Crippen molar-refractivity contribution in [3.05, 3.63) is 141 Å². The van der Waals surface area contributed by atoms with Crippen molar-refractivity contribution in [2.24, 2.45) is 0 Å². The molecule has 85 heavy (non-hydrogen) atoms. The summed E-state index contributed by atoms with van der Waals surface area (Å²) in [4.78, 5) is 145. The predicted octanol–water partition coefficient (Wildman–Crippen LogP) is 0.385. The number of methoxy groups -OCH3 is 5. The third kappa shape index (κ3) is 19.1. The van der Waals surface area contributed by atoms with E-state index in [1.807, 2.05) is 0 Å². The number of aromatic nitrogens is 5. The summed E-state index contributed by atoms with van der Waals surface area (Å²) in [6.45, 7) is 1.97. The van der Waals surface area contributed by atoms with Gasteiger partial charge >= 0.3 is 0 Å². The Kier molecular flexibility index (Phi) is 26.2. The van der Waals surface area contributed by atoms with E-state index in [0.29, 0.717) is 0 Å². The van der Waals surface area contributed by atoms with Crippen LogP contribution in [0.4, 0.5) is 28.4 Å². The number of rotatable bonds is 30. The van der Waals surface area contributed by atoms with Crippen LogP contribution in [0.3, 0.4) is 0 Å². The lowest BCUT2D eigenvalue weighted by atomic mass is 10.1. The van der Waals surface area contributed by atoms with Crippen LogP contribution >= 0.6 is 0 Å². The van der Waals surface area contributed by atoms with Crippen LogP contribution in [0, 0.1) is 0 Å². The van der Waals surface area contributed by atoms with Crippen LogP contribution in [0.15, 0.2) is 85.9 Å². The quantitative estimate of drug-likeness (QED) is 0.0388. The zero-order chi connectivity index (χ0) is 61.3. The normalized spacial score (nSPS) is 12.9. The van der Waals surface area contributed by atoms with Crippen molar-refractivity contribution in [3.63, 3.8) is 0 Å². The van der Waals surface area contributed by atoms with E-state index in [2.05, 4.69) is 26.6 Å². The fourth-order valence-electron chi connectivity index (χ4n) is 8.08. The van der Waals surface area contributed by atoms with Crippen molar-refractivity contribution >= 4 is 58.0 Å². The first kappa shape index (κ1) is 65.8. The Labute approximate surface area is 485 Å². The van der Waals surface area contributed by atoms with Crippen LogP contribution < -0.4 is 53.7 Å². The first-order chi connectivity index (χ1) is 41.1. The van der Waals surface area contributed by atoms with Gasteiger partial charge in [0.25, 0.3) is 29.5 Å². The largest absolute Gasteiger partial charge is 0.382 e. The molecule has 0 saturated carbocycles. The van der Waals surface area contributed by atoms with E-state index >= 15 is 0 Å². The number of nitrogens with one attached hydrogen (secondary N) is 5. The second-order valence-electron chi connectivity index (χ2n) is 18.6. The van der Waals surface area contributed by atoms with Crippen molar-refractivity contribution in [1.29, 1.82) is 0 Å². The minimum atomic E-state index is -1.19. The molecule has 0 aliphatic carbocycles. The molecule has 0 radical (unpaired) electrons. The van der Waals surface area contributed by atoms with E-state index < -0.39 is 113 Å². The summed E-state index contributed by atoms with van der Waals surface area (Å²) in [6, 6.07) is 0. The Morgan fingerprint density at radius 1 is 0.247 bits per heavy atom. The number of fused-ring (bicyclic) bond motifs is 10. The van der Waals surface area contributed by atoms with E-state index in [9.17, 15) is 47.9 Å². The van der Waals surface area contributed by atoms with Crippen molar-refractivity contribution in [3.8, 4) is 0 Å². The van der Waals surface area contributed by atoms with Gasteiger partial charge in [0, 0.05) is 130 Å². The van der Waals surface area contributed by atoms with Gasteiger partial charge in [0.2, 0.25) is 27.1 Å². The molecule has 5 aromatic heterocycles. The van der Waals surface area contributed by atoms with Crippen LogP contribution in [0.5, 0.6) is 0 Å². The lowest BCUT2D eigenvalue weighted by molar-refractivity contribution is 0.0665. The fourth-order valence-corrected chi connectivity index (χ4v) is 8.08. The van der Waals surface area contributed by atoms with Gasteiger partial charge in [-0.05, 0) is 0 Å². The monoisotopic (exact) mass is 1190 g/mol. The molecule has 30 heteroatoms. The summed E-state index contributed by atoms with van der Waals surface area (Å²) in [5, 5.41) is 12.1. The number of nitrogens with zero attached hydrogens (tertiary/aromatic N) is 5. The third-order valence-corrected chi connectivity index (χ3v) is 12.5. The van der Waals surface area contributed by atoms with Crippen LogP contribution in [-0.4, -0.2) is 187 Å². The number of amides is 5. The van der Waals surface area contributed by atoms with E-state index in [-0.39, 0.29) is 132 Å². The molecule has 1 aliphatic heterocycles. The summed E-state index contributed by atoms with van der Waals surface area (Å²) < 4.78 is 60.2. The number of pyridine rings is 5. The molecule has 5 N–H and O–H groups in total. The first-order valence-corrected chi connectivity index (χ1v) is 26.7. The standard InChI is InChI=1S/C55H70N10O20/c1-76-16-21-81-11-6-61-26-36-46(66)41(31-61)56-52(72)37-27-62(7-12-82-22-17-77-2)33-43(47(37)67)58-54(74)39-29-64(9-14-84-24-19-79-4)35-45(49(39)69)60-55(75)40-30-65(10-15-85-25-20-80-5)34-44(50(40)70)59-53(73)38-28-63(8-13-83-23-18-78-3)32-42(48(38)68)57-51(36)71/h26-35H,6-25H2,1-5H3,(H,56,72)(H,57,71)(H,58,74)(H,59,73)(H,60,75). The maximum atomic E-state index is 14.5. The van der Waals surface area contributed by atoms with E-state index in [1.54, 1.807) is 0 Å². The molecule has 5 aromatic rings. The summed E-state index contributed by atoms with van der Waals surface area (Å²) in [6.07, 6.45) is 11.6. The molecule has 0 spiro atoms. The molecule has 0 aromatic carbocycles. The molecule has 1 aliphatic rings. The highest BCUT2D eigenvalue weighted by Crippen LogP contribution is 2.16. The number of hydrogen-bond acceptors (Lipinski definition) is 20. The molecule has 460 valence electrons. The van der Waals surface area contributed by atoms with Gasteiger partial charge in [-0.15, -0.1) is 0 Å². The number of ether oxygens (including phenoxy) is 10. The summed E-state index contributed by atoms with van der Waals surface area (Å²) >= 11 is 0. The average molecular weight is 1190 g/mol. The van der Waals surface area contributed by atoms with Gasteiger partial charge in [0.15, 0.2) is 0 Å². The average Bonchev–Trinajstić information content (AvgIpc) is 3.53. The molecule has 0 atom stereocenters. The zero-order valence-electron chi connectivity index (χ0n) is 47.8. The second kappa shape index (κ2) is 33.9. The highest BCUT2D eigenvalue weighted by molar-refractivity contribution is 6.11. The van der Waals surface area contributed by atoms with Crippen LogP contribution in [-0.2, 0) is 80.1 Å². The Hall–Kier alpha value is -8.30. The lowest BCUT2D eigenvalue weighted by Gasteiger charge is -2.16. The molecule has 0 saturated heterocycles. The predicted molar refractivity (Wildman–Crippen MR) is 307 cm³/mol. The molecule has 6 heterocycles. The lowest BCUT2D eigenvalue weighted by Crippen LogP contribution is -2.33. The highest BCUT2D eigenvalue weighted by Gasteiger charge is 2.27. The number of carbonyl (C=O) groups excluding carboxylic acids is 5. The maximum Gasteiger partial charge on any atom is 0.261 e. The number of anilines is 5. The Morgan fingerprint density at radius 2 is 0.412 bits per heavy atom. The molecular weight excluding hydrogens is 1120 g/mol. The van der Waals surface area contributed by atoms with Gasteiger partial charge in [0.1, 0.15) is 56.3 Å². The molecule has 0 unspecified atom stereocenters. The molecule has 10 bridgehead atoms. The van der Waals surface area contributed by atoms with Crippen molar-refractivity contribution in [2.75, 3.05) is 161 Å². The SMILES string of the molecule is COCCOCCn1cc2c(=O)c(c1)C(=O)Nc1cn(CCOCCOC)cc(c1=O)C(=O)Nc1cn(CCOCCOC)cc(c1=O)C(=O)Nc1cn(CCOCCOC)cc(c1=O)C(=O)Nc1cn(CCOCCOC)cc(c1=O)C(=O)N2. The Balaban J connectivity index is 1.58. The van der Waals surface area contributed by atoms with Gasteiger partial charge in [-0.25, -0.2) is 0 Å². The van der Waals surface area contributed by atoms with Gasteiger partial charge in [-0.3, -0.25) is 47.9 Å². The second-order valence-corrected chi connectivity index (χ2v) is 18.6. The number of carbonyl (C=O) groups is 5. The number of hydrogen-bond donors (Lipinski definition) is 5. The Bertz CT molecular complexity index is 2920. The minimum absolute atomic E-state index is 0.00438. The van der Waals surface area contributed by atoms with Gasteiger partial charge in [-0.1, -0.05) is 0 Å². The van der Waals surface area contributed by atoms with E-state index in [0.717, 1.165) is 31.0 Å². The van der Waals surface area contributed by atoms with Crippen molar-refractivity contribution in [1.82, 2.24) is 22.8 Å². The van der Waals surface area contributed by atoms with Crippen LogP contribution in [0.2, 0.25) is 0 Å². The third-order valence-electron chi connectivity index (χ3n) is 12.5. The topological polar surface area (TPSA) is 348 Å². The Morgan fingerprint density at radius 3 is 0.565 bits per heavy atom. The minimum Gasteiger partial charge on any atom is -0.382 e. The molecule has 30 nitrogen and oxygen atoms in total. The molecule has 6 rings (SSSR count). The molecule has 5 amide bonds. The zero-order valence-corrected chi connectivity index (χ0v) is 47.8. The van der Waals surface area contributed by atoms with Crippen molar-refractivity contribution in [2.45, 2.75) is 32.7 Å². The fraction of sp³-hybridized carbons (Fsp3) is 0.455. The molecule has 0 fully saturated rings. The van der Waals surface area contributed by atoms with Crippen LogP contribution in [0.1, 0.15) is 51.8 Å². The summed E-state index contributed by atoms with van der Waals surface area (Å²) in [5.74, 6) is -5.93. The first-order valence-electron chi connectivity index (χ1n) is 26.7. The highest BCUT2D eigenvalue weighted by atomic mass is 16.5. The summed E-state index contributed by atoms with van der Waals surface area (Å²) in [5.41, 5.74) is -11.2. The van der Waals surface area contributed by atoms with Crippen molar-refractivity contribution < 1.29 is 71.3 Å². The maximum absolute atomic E-state index is 14.5. The molecular formula is C55H70N10O20. The summed E-state index contributed by atoms with van der Waals surface area (Å²) in [7, 11) is 7.40. The smallest absolute Gasteiger partial charge is 0.261 e.